The third-order valence-corrected chi connectivity index (χ3v) is 4.62. The van der Waals surface area contributed by atoms with E-state index >= 15 is 0 Å². The molecule has 2 aliphatic heterocycles. The zero-order valence-electron chi connectivity index (χ0n) is 14.0. The Morgan fingerprint density at radius 1 is 1.38 bits per heavy atom. The zero-order valence-corrected chi connectivity index (χ0v) is 14.7. The Balaban J connectivity index is 2.01. The minimum absolute atomic E-state index is 0.0132. The van der Waals surface area contributed by atoms with E-state index in [1.54, 1.807) is 17.9 Å². The summed E-state index contributed by atoms with van der Waals surface area (Å²) in [6, 6.07) is 2.93. The Hall–Kier alpha value is -2.65. The molecule has 2 aliphatic rings. The Labute approximate surface area is 154 Å². The van der Waals surface area contributed by atoms with Crippen molar-refractivity contribution in [3.05, 3.63) is 50.2 Å². The van der Waals surface area contributed by atoms with E-state index in [2.05, 4.69) is 10.6 Å². The summed E-state index contributed by atoms with van der Waals surface area (Å²) in [5, 5.41) is 16.4. The predicted octanol–water partition coefficient (Wildman–Crippen LogP) is 1.73. The molecule has 1 unspecified atom stereocenters. The van der Waals surface area contributed by atoms with Crippen molar-refractivity contribution in [2.75, 3.05) is 26.3 Å². The molecular weight excluding hydrogens is 364 g/mol. The van der Waals surface area contributed by atoms with Crippen molar-refractivity contribution >= 4 is 29.2 Å². The van der Waals surface area contributed by atoms with Crippen LogP contribution in [-0.4, -0.2) is 48.1 Å². The zero-order chi connectivity index (χ0) is 18.8. The summed E-state index contributed by atoms with van der Waals surface area (Å²) in [5.41, 5.74) is 0.871. The molecule has 138 valence electrons. The second-order valence-corrected chi connectivity index (χ2v) is 6.35. The van der Waals surface area contributed by atoms with Crippen LogP contribution in [0.4, 0.5) is 10.5 Å². The van der Waals surface area contributed by atoms with Crippen molar-refractivity contribution in [2.45, 2.75) is 13.0 Å². The van der Waals surface area contributed by atoms with Crippen LogP contribution in [0.15, 0.2) is 29.5 Å². The van der Waals surface area contributed by atoms with Gasteiger partial charge in [-0.2, -0.15) is 0 Å². The third-order valence-electron chi connectivity index (χ3n) is 4.30. The molecule has 26 heavy (non-hydrogen) atoms. The van der Waals surface area contributed by atoms with Gasteiger partial charge in [0.1, 0.15) is 5.02 Å². The maximum Gasteiger partial charge on any atom is 0.319 e. The first-order valence-electron chi connectivity index (χ1n) is 7.97. The number of hydrogen-bond donors (Lipinski definition) is 2. The number of nitrogens with zero attached hydrogens (tertiary/aromatic N) is 2. The molecule has 1 aromatic carbocycles. The molecular formula is C16H17ClN4O5. The summed E-state index contributed by atoms with van der Waals surface area (Å²) in [6.45, 7) is 3.39. The van der Waals surface area contributed by atoms with Crippen molar-refractivity contribution in [3.63, 3.8) is 0 Å². The first-order chi connectivity index (χ1) is 12.4. The van der Waals surface area contributed by atoms with Gasteiger partial charge in [0.15, 0.2) is 0 Å². The van der Waals surface area contributed by atoms with Crippen LogP contribution in [0.5, 0.6) is 0 Å². The van der Waals surface area contributed by atoms with Gasteiger partial charge in [-0.3, -0.25) is 14.9 Å². The van der Waals surface area contributed by atoms with Gasteiger partial charge >= 0.3 is 6.03 Å². The van der Waals surface area contributed by atoms with E-state index in [0.717, 1.165) is 0 Å². The topological polar surface area (TPSA) is 114 Å². The summed E-state index contributed by atoms with van der Waals surface area (Å²) in [5.74, 6) is -0.249. The van der Waals surface area contributed by atoms with E-state index in [4.69, 9.17) is 16.3 Å². The lowest BCUT2D eigenvalue weighted by Crippen LogP contribution is -2.49. The Morgan fingerprint density at radius 3 is 2.73 bits per heavy atom. The number of carbonyl (C=O) groups excluding carboxylic acids is 2. The van der Waals surface area contributed by atoms with Gasteiger partial charge < -0.3 is 20.3 Å². The molecule has 2 N–H and O–H groups in total. The standard InChI is InChI=1S/C16H17ClN4O5/c1-9-13(15(22)20-4-6-26-7-5-20)14(19-16(23)18-9)10-2-3-11(17)12(8-10)21(24)25/h2-3,8,14H,4-7H2,1H3,(H2,18,19,23). The summed E-state index contributed by atoms with van der Waals surface area (Å²) >= 11 is 5.87. The van der Waals surface area contributed by atoms with Crippen LogP contribution in [0.1, 0.15) is 18.5 Å². The number of benzene rings is 1. The molecule has 0 spiro atoms. The number of morpholine rings is 1. The molecule has 1 saturated heterocycles. The van der Waals surface area contributed by atoms with Gasteiger partial charge in [-0.05, 0) is 18.6 Å². The van der Waals surface area contributed by atoms with E-state index < -0.39 is 17.0 Å². The highest BCUT2D eigenvalue weighted by Crippen LogP contribution is 2.33. The lowest BCUT2D eigenvalue weighted by Gasteiger charge is -2.33. The molecule has 0 aromatic heterocycles. The summed E-state index contributed by atoms with van der Waals surface area (Å²) < 4.78 is 5.26. The normalized spacial score (nSPS) is 20.5. The number of amides is 3. The molecule has 1 fully saturated rings. The number of hydrogen-bond acceptors (Lipinski definition) is 5. The average Bonchev–Trinajstić information content (AvgIpc) is 2.61. The van der Waals surface area contributed by atoms with Crippen molar-refractivity contribution in [2.24, 2.45) is 0 Å². The van der Waals surface area contributed by atoms with Gasteiger partial charge in [-0.25, -0.2) is 4.79 Å². The molecule has 0 aliphatic carbocycles. The second kappa shape index (κ2) is 7.30. The van der Waals surface area contributed by atoms with Crippen molar-refractivity contribution in [1.29, 1.82) is 0 Å². The fourth-order valence-corrected chi connectivity index (χ4v) is 3.20. The Morgan fingerprint density at radius 2 is 2.08 bits per heavy atom. The molecule has 0 saturated carbocycles. The predicted molar refractivity (Wildman–Crippen MR) is 92.6 cm³/mol. The quantitative estimate of drug-likeness (QED) is 0.612. The van der Waals surface area contributed by atoms with Crippen LogP contribution in [0.25, 0.3) is 0 Å². The molecule has 0 bridgehead atoms. The number of rotatable bonds is 3. The van der Waals surface area contributed by atoms with Crippen molar-refractivity contribution in [1.82, 2.24) is 15.5 Å². The number of nitro benzene ring substituents is 1. The van der Waals surface area contributed by atoms with Crippen LogP contribution in [0, 0.1) is 10.1 Å². The van der Waals surface area contributed by atoms with E-state index in [9.17, 15) is 19.7 Å². The smallest absolute Gasteiger partial charge is 0.319 e. The van der Waals surface area contributed by atoms with Gasteiger partial charge in [0.05, 0.1) is 29.8 Å². The Bertz CT molecular complexity index is 804. The monoisotopic (exact) mass is 380 g/mol. The number of halogens is 1. The van der Waals surface area contributed by atoms with Crippen LogP contribution in [0.3, 0.4) is 0 Å². The molecule has 10 heteroatoms. The van der Waals surface area contributed by atoms with E-state index in [1.165, 1.54) is 12.1 Å². The van der Waals surface area contributed by atoms with Crippen LogP contribution in [-0.2, 0) is 9.53 Å². The number of carbonyl (C=O) groups is 2. The number of allylic oxidation sites excluding steroid dienone is 1. The average molecular weight is 381 g/mol. The molecule has 3 rings (SSSR count). The minimum Gasteiger partial charge on any atom is -0.378 e. The van der Waals surface area contributed by atoms with Gasteiger partial charge in [-0.1, -0.05) is 17.7 Å². The molecule has 3 amide bonds. The maximum absolute atomic E-state index is 13.0. The van der Waals surface area contributed by atoms with Crippen LogP contribution < -0.4 is 10.6 Å². The number of urea groups is 1. The van der Waals surface area contributed by atoms with E-state index in [-0.39, 0.29) is 16.6 Å². The first kappa shape index (κ1) is 18.2. The molecule has 2 heterocycles. The fourth-order valence-electron chi connectivity index (χ4n) is 3.01. The van der Waals surface area contributed by atoms with Crippen LogP contribution in [0.2, 0.25) is 5.02 Å². The molecule has 0 radical (unpaired) electrons. The molecule has 1 atom stereocenters. The highest BCUT2D eigenvalue weighted by atomic mass is 35.5. The van der Waals surface area contributed by atoms with E-state index in [1.807, 2.05) is 0 Å². The molecule has 1 aromatic rings. The SMILES string of the molecule is CC1=C(C(=O)N2CCOCC2)C(c2ccc(Cl)c([N+](=O)[O-])c2)NC(=O)N1. The highest BCUT2D eigenvalue weighted by Gasteiger charge is 2.35. The first-order valence-corrected chi connectivity index (χ1v) is 8.35. The number of nitro groups is 1. The summed E-state index contributed by atoms with van der Waals surface area (Å²) in [4.78, 5) is 37.1. The maximum atomic E-state index is 13.0. The summed E-state index contributed by atoms with van der Waals surface area (Å²) in [6.07, 6.45) is 0. The van der Waals surface area contributed by atoms with Gasteiger partial charge in [0, 0.05) is 24.9 Å². The van der Waals surface area contributed by atoms with Gasteiger partial charge in [-0.15, -0.1) is 0 Å². The van der Waals surface area contributed by atoms with Crippen LogP contribution >= 0.6 is 11.6 Å². The summed E-state index contributed by atoms with van der Waals surface area (Å²) in [7, 11) is 0. The lowest BCUT2D eigenvalue weighted by molar-refractivity contribution is -0.384. The number of nitrogens with one attached hydrogen (secondary N) is 2. The minimum atomic E-state index is -0.810. The highest BCUT2D eigenvalue weighted by molar-refractivity contribution is 6.32. The van der Waals surface area contributed by atoms with E-state index in [0.29, 0.717) is 43.1 Å². The van der Waals surface area contributed by atoms with Crippen molar-refractivity contribution < 1.29 is 19.2 Å². The van der Waals surface area contributed by atoms with Gasteiger partial charge in [0.2, 0.25) is 0 Å². The molecule has 9 nitrogen and oxygen atoms in total. The Kier molecular flexibility index (Phi) is 5.10. The second-order valence-electron chi connectivity index (χ2n) is 5.94. The largest absolute Gasteiger partial charge is 0.378 e. The van der Waals surface area contributed by atoms with Crippen molar-refractivity contribution in [3.8, 4) is 0 Å². The third kappa shape index (κ3) is 3.49. The number of ether oxygens (including phenoxy) is 1. The fraction of sp³-hybridized carbons (Fsp3) is 0.375. The van der Waals surface area contributed by atoms with Gasteiger partial charge in [0.25, 0.3) is 11.6 Å². The lowest BCUT2D eigenvalue weighted by atomic mass is 9.94.